The summed E-state index contributed by atoms with van der Waals surface area (Å²) in [5.74, 6) is -3.13. The molecule has 1 aromatic carbocycles. The Balaban J connectivity index is 1.94. The summed E-state index contributed by atoms with van der Waals surface area (Å²) in [7, 11) is 0. The van der Waals surface area contributed by atoms with E-state index >= 15 is 0 Å². The standard InChI is InChI=1S/C13H12F2N4O3S/c1-6(20)18-19-13-17-12(22)10(23-13)5-11(21)16-9-3-2-7(14)4-8(9)15/h2-4,10H,5H2,1H3,(H,16,21)(H,18,20)(H,17,19,22)/t10-/m1/s1. The van der Waals surface area contributed by atoms with Crippen molar-refractivity contribution in [2.75, 3.05) is 5.32 Å². The van der Waals surface area contributed by atoms with Crippen LogP contribution in [-0.2, 0) is 14.4 Å². The molecule has 0 bridgehead atoms. The maximum atomic E-state index is 13.4. The Morgan fingerprint density at radius 1 is 1.39 bits per heavy atom. The van der Waals surface area contributed by atoms with Gasteiger partial charge in [-0.25, -0.2) is 14.2 Å². The molecule has 7 nitrogen and oxygen atoms in total. The zero-order valence-electron chi connectivity index (χ0n) is 11.9. The molecule has 0 radical (unpaired) electrons. The van der Waals surface area contributed by atoms with Gasteiger partial charge >= 0.3 is 0 Å². The minimum Gasteiger partial charge on any atom is -0.324 e. The van der Waals surface area contributed by atoms with Crippen LogP contribution in [0.1, 0.15) is 13.3 Å². The summed E-state index contributed by atoms with van der Waals surface area (Å²) in [5, 5.41) is 7.73. The number of anilines is 1. The summed E-state index contributed by atoms with van der Waals surface area (Å²) in [6.07, 6.45) is -0.230. The maximum Gasteiger partial charge on any atom is 0.240 e. The molecule has 0 unspecified atom stereocenters. The molecule has 0 saturated carbocycles. The molecule has 3 N–H and O–H groups in total. The lowest BCUT2D eigenvalue weighted by Gasteiger charge is -2.08. The smallest absolute Gasteiger partial charge is 0.240 e. The first-order valence-corrected chi connectivity index (χ1v) is 7.30. The van der Waals surface area contributed by atoms with Crippen LogP contribution in [0.5, 0.6) is 0 Å². The van der Waals surface area contributed by atoms with Crippen LogP contribution >= 0.6 is 11.8 Å². The Bertz CT molecular complexity index is 696. The number of carbonyl (C=O) groups excluding carboxylic acids is 3. The summed E-state index contributed by atoms with van der Waals surface area (Å²) in [5.41, 5.74) is 1.99. The number of thioether (sulfide) groups is 1. The summed E-state index contributed by atoms with van der Waals surface area (Å²) in [4.78, 5) is 34.3. The summed E-state index contributed by atoms with van der Waals surface area (Å²) in [6, 6.07) is 2.74. The molecule has 1 heterocycles. The van der Waals surface area contributed by atoms with Crippen LogP contribution in [0.25, 0.3) is 0 Å². The second-order valence-electron chi connectivity index (χ2n) is 4.56. The van der Waals surface area contributed by atoms with Crippen LogP contribution in [0, 0.1) is 11.6 Å². The molecule has 1 saturated heterocycles. The largest absolute Gasteiger partial charge is 0.324 e. The van der Waals surface area contributed by atoms with Crippen molar-refractivity contribution in [3.05, 3.63) is 29.8 Å². The first-order valence-electron chi connectivity index (χ1n) is 6.42. The van der Waals surface area contributed by atoms with Gasteiger partial charge in [-0.3, -0.25) is 14.4 Å². The minimum atomic E-state index is -0.908. The lowest BCUT2D eigenvalue weighted by molar-refractivity contribution is -0.122. The predicted octanol–water partition coefficient (Wildman–Crippen LogP) is 0.932. The normalized spacial score (nSPS) is 18.7. The van der Waals surface area contributed by atoms with E-state index in [4.69, 9.17) is 0 Å². The summed E-state index contributed by atoms with van der Waals surface area (Å²) in [6.45, 7) is 1.26. The van der Waals surface area contributed by atoms with Gasteiger partial charge in [0.2, 0.25) is 17.7 Å². The van der Waals surface area contributed by atoms with Gasteiger partial charge in [-0.15, -0.1) is 5.10 Å². The van der Waals surface area contributed by atoms with Crippen LogP contribution in [0.4, 0.5) is 14.5 Å². The second-order valence-corrected chi connectivity index (χ2v) is 5.75. The number of benzene rings is 1. The maximum absolute atomic E-state index is 13.4. The third-order valence-corrected chi connectivity index (χ3v) is 3.75. The van der Waals surface area contributed by atoms with Crippen LogP contribution in [0.3, 0.4) is 0 Å². The number of hydrogen-bond acceptors (Lipinski definition) is 5. The first kappa shape index (κ1) is 16.9. The van der Waals surface area contributed by atoms with E-state index in [-0.39, 0.29) is 17.3 Å². The molecule has 23 heavy (non-hydrogen) atoms. The average Bonchev–Trinajstić information content (AvgIpc) is 2.80. The van der Waals surface area contributed by atoms with Gasteiger partial charge in [0.05, 0.1) is 5.69 Å². The van der Waals surface area contributed by atoms with Crippen molar-refractivity contribution in [3.63, 3.8) is 0 Å². The second kappa shape index (κ2) is 7.18. The van der Waals surface area contributed by atoms with Gasteiger partial charge in [0.1, 0.15) is 16.9 Å². The number of amidine groups is 1. The van der Waals surface area contributed by atoms with Crippen molar-refractivity contribution in [1.29, 1.82) is 0 Å². The van der Waals surface area contributed by atoms with Crippen molar-refractivity contribution >= 4 is 40.3 Å². The number of amides is 3. The third-order valence-electron chi connectivity index (χ3n) is 2.67. The van der Waals surface area contributed by atoms with E-state index in [2.05, 4.69) is 21.2 Å². The zero-order chi connectivity index (χ0) is 17.0. The van der Waals surface area contributed by atoms with Gasteiger partial charge in [0, 0.05) is 19.4 Å². The van der Waals surface area contributed by atoms with Crippen molar-refractivity contribution < 1.29 is 23.2 Å². The van der Waals surface area contributed by atoms with Crippen LogP contribution in [0.2, 0.25) is 0 Å². The van der Waals surface area contributed by atoms with E-state index in [0.717, 1.165) is 23.9 Å². The van der Waals surface area contributed by atoms with Crippen molar-refractivity contribution in [3.8, 4) is 0 Å². The van der Waals surface area contributed by atoms with Gasteiger partial charge in [-0.05, 0) is 12.1 Å². The number of rotatable bonds is 4. The molecule has 1 aromatic rings. The monoisotopic (exact) mass is 342 g/mol. The molecular formula is C13H12F2N4O3S. The van der Waals surface area contributed by atoms with Crippen molar-refractivity contribution in [2.24, 2.45) is 5.10 Å². The molecule has 1 aliphatic heterocycles. The van der Waals surface area contributed by atoms with E-state index in [0.29, 0.717) is 6.07 Å². The van der Waals surface area contributed by atoms with E-state index in [1.165, 1.54) is 6.92 Å². The molecule has 0 aliphatic carbocycles. The average molecular weight is 342 g/mol. The molecule has 10 heteroatoms. The summed E-state index contributed by atoms with van der Waals surface area (Å²) < 4.78 is 26.2. The Kier molecular flexibility index (Phi) is 5.27. The topological polar surface area (TPSA) is 99.7 Å². The zero-order valence-corrected chi connectivity index (χ0v) is 12.7. The Labute approximate surface area is 133 Å². The van der Waals surface area contributed by atoms with Gasteiger partial charge < -0.3 is 10.6 Å². The van der Waals surface area contributed by atoms with E-state index in [1.54, 1.807) is 0 Å². The highest BCUT2D eigenvalue weighted by molar-refractivity contribution is 8.15. The highest BCUT2D eigenvalue weighted by atomic mass is 32.2. The molecule has 1 aliphatic rings. The molecule has 0 spiro atoms. The highest BCUT2D eigenvalue weighted by Crippen LogP contribution is 2.23. The predicted molar refractivity (Wildman–Crippen MR) is 80.4 cm³/mol. The number of halogens is 2. The molecule has 3 amide bonds. The van der Waals surface area contributed by atoms with Crippen LogP contribution in [0.15, 0.2) is 23.3 Å². The van der Waals surface area contributed by atoms with Gasteiger partial charge in [-0.2, -0.15) is 0 Å². The lowest BCUT2D eigenvalue weighted by Crippen LogP contribution is -2.29. The Hall–Kier alpha value is -2.49. The first-order chi connectivity index (χ1) is 10.8. The Morgan fingerprint density at radius 3 is 2.78 bits per heavy atom. The molecule has 0 aromatic heterocycles. The van der Waals surface area contributed by atoms with Crippen LogP contribution < -0.4 is 16.1 Å². The highest BCUT2D eigenvalue weighted by Gasteiger charge is 2.32. The van der Waals surface area contributed by atoms with Crippen molar-refractivity contribution in [1.82, 2.24) is 10.7 Å². The number of carbonyl (C=O) groups is 3. The van der Waals surface area contributed by atoms with Crippen molar-refractivity contribution in [2.45, 2.75) is 18.6 Å². The fraction of sp³-hybridized carbons (Fsp3) is 0.231. The van der Waals surface area contributed by atoms with Gasteiger partial charge in [-0.1, -0.05) is 11.8 Å². The fourth-order valence-electron chi connectivity index (χ4n) is 1.68. The number of hydrazone groups is 1. The van der Waals surface area contributed by atoms with Gasteiger partial charge in [0.15, 0.2) is 5.17 Å². The van der Waals surface area contributed by atoms with Crippen LogP contribution in [-0.4, -0.2) is 28.1 Å². The minimum absolute atomic E-state index is 0.163. The number of nitrogens with zero attached hydrogens (tertiary/aromatic N) is 1. The molecular weight excluding hydrogens is 330 g/mol. The summed E-state index contributed by atoms with van der Waals surface area (Å²) >= 11 is 0.966. The number of hydrogen-bond donors (Lipinski definition) is 3. The molecule has 1 atom stereocenters. The Morgan fingerprint density at radius 2 is 2.13 bits per heavy atom. The van der Waals surface area contributed by atoms with E-state index in [9.17, 15) is 23.2 Å². The van der Waals surface area contributed by atoms with E-state index in [1.807, 2.05) is 0 Å². The SMILES string of the molecule is CC(=O)N/N=C1\NC(=O)[C@@H](CC(=O)Nc2ccc(F)cc2F)S1. The van der Waals surface area contributed by atoms with E-state index < -0.39 is 34.6 Å². The quantitative estimate of drug-likeness (QED) is 0.709. The third kappa shape index (κ3) is 4.74. The molecule has 2 rings (SSSR count). The van der Waals surface area contributed by atoms with Gasteiger partial charge in [0.25, 0.3) is 0 Å². The molecule has 122 valence electrons. The fourth-order valence-corrected chi connectivity index (χ4v) is 2.61. The molecule has 1 fully saturated rings. The number of nitrogens with one attached hydrogen (secondary N) is 3. The lowest BCUT2D eigenvalue weighted by atomic mass is 10.2.